The van der Waals surface area contributed by atoms with Crippen LogP contribution in [0.15, 0.2) is 72.8 Å². The van der Waals surface area contributed by atoms with E-state index in [1.54, 1.807) is 53.4 Å². The molecule has 1 saturated heterocycles. The number of ether oxygens (including phenoxy) is 1. The first-order valence-corrected chi connectivity index (χ1v) is 15.5. The number of carbonyl (C=O) groups is 1. The summed E-state index contributed by atoms with van der Waals surface area (Å²) in [6.45, 7) is 5.35. The van der Waals surface area contributed by atoms with Gasteiger partial charge < -0.3 is 15.2 Å². The molecule has 0 atom stereocenters. The molecule has 3 aromatic carbocycles. The second-order valence-corrected chi connectivity index (χ2v) is 11.9. The van der Waals surface area contributed by atoms with E-state index < -0.39 is 10.0 Å². The lowest BCUT2D eigenvalue weighted by atomic mass is 10.0. The number of phenolic OH excluding ortho intramolecular Hbond substituents is 1. The van der Waals surface area contributed by atoms with Gasteiger partial charge in [-0.2, -0.15) is 0 Å². The predicted molar refractivity (Wildman–Crippen MR) is 166 cm³/mol. The summed E-state index contributed by atoms with van der Waals surface area (Å²) in [5.74, 6) is 1.51. The van der Waals surface area contributed by atoms with Gasteiger partial charge in [0.2, 0.25) is 10.0 Å². The van der Waals surface area contributed by atoms with Gasteiger partial charge in [0, 0.05) is 43.6 Å². The van der Waals surface area contributed by atoms with Gasteiger partial charge in [0.15, 0.2) is 0 Å². The summed E-state index contributed by atoms with van der Waals surface area (Å²) in [5, 5.41) is 12.8. The van der Waals surface area contributed by atoms with Gasteiger partial charge in [0.25, 0.3) is 0 Å². The third-order valence-corrected chi connectivity index (χ3v) is 7.39. The first kappa shape index (κ1) is 32.0. The Labute approximate surface area is 249 Å². The van der Waals surface area contributed by atoms with Crippen molar-refractivity contribution < 1.29 is 23.1 Å². The summed E-state index contributed by atoms with van der Waals surface area (Å²) in [7, 11) is -3.32. The Hall–Kier alpha value is -3.47. The van der Waals surface area contributed by atoms with Gasteiger partial charge in [-0.05, 0) is 85.5 Å². The van der Waals surface area contributed by atoms with Gasteiger partial charge in [0.05, 0.1) is 6.26 Å². The Morgan fingerprint density at radius 3 is 2.12 bits per heavy atom. The van der Waals surface area contributed by atoms with Gasteiger partial charge >= 0.3 is 6.03 Å². The quantitative estimate of drug-likeness (QED) is 0.250. The van der Waals surface area contributed by atoms with Crippen molar-refractivity contribution >= 4 is 39.8 Å². The highest BCUT2D eigenvalue weighted by Crippen LogP contribution is 2.25. The normalized spacial score (nSPS) is 14.1. The maximum atomic E-state index is 13.1. The van der Waals surface area contributed by atoms with E-state index in [4.69, 9.17) is 4.74 Å². The Kier molecular flexibility index (Phi) is 11.7. The van der Waals surface area contributed by atoms with Crippen LogP contribution < -0.4 is 19.7 Å². The molecule has 0 aromatic heterocycles. The number of unbranched alkanes of at least 4 members (excludes halogenated alkanes) is 1. The molecule has 0 aliphatic carbocycles. The van der Waals surface area contributed by atoms with Crippen molar-refractivity contribution in [1.82, 2.24) is 10.2 Å². The summed E-state index contributed by atoms with van der Waals surface area (Å²) < 4.78 is 31.0. The molecule has 222 valence electrons. The smallest absolute Gasteiger partial charge is 0.322 e. The minimum absolute atomic E-state index is 0. The summed E-state index contributed by atoms with van der Waals surface area (Å²) in [4.78, 5) is 17.3. The first-order valence-electron chi connectivity index (χ1n) is 13.6. The standard InChI is InChI=1S/C30H38N4O5S.ClH/c1-3-4-19-34(26-9-11-27(35)12-10-26)30(36)31-24-17-20-33(21-18-24)22-23-5-13-28(14-6-23)39-29-15-7-25(8-16-29)32-40(2,37)38;/h5-16,24,32,35H,3-4,17-22H2,1-2H3,(H,31,36);1H. The summed E-state index contributed by atoms with van der Waals surface area (Å²) in [6, 6.07) is 21.5. The van der Waals surface area contributed by atoms with E-state index in [0.717, 1.165) is 57.3 Å². The average molecular weight is 603 g/mol. The number of piperidine rings is 1. The number of amides is 2. The summed E-state index contributed by atoms with van der Waals surface area (Å²) in [5.41, 5.74) is 2.45. The van der Waals surface area contributed by atoms with E-state index in [-0.39, 0.29) is 30.2 Å². The topological polar surface area (TPSA) is 111 Å². The number of phenols is 1. The van der Waals surface area contributed by atoms with Crippen molar-refractivity contribution in [1.29, 1.82) is 0 Å². The SMILES string of the molecule is CCCCN(C(=O)NC1CCN(Cc2ccc(Oc3ccc(NS(C)(=O)=O)cc3)cc2)CC1)c1ccc(O)cc1.Cl. The zero-order chi connectivity index (χ0) is 28.5. The Morgan fingerprint density at radius 2 is 1.56 bits per heavy atom. The number of nitrogens with one attached hydrogen (secondary N) is 2. The second-order valence-electron chi connectivity index (χ2n) is 10.2. The second kappa shape index (κ2) is 15.0. The highest BCUT2D eigenvalue weighted by Gasteiger charge is 2.24. The lowest BCUT2D eigenvalue weighted by Gasteiger charge is -2.34. The highest BCUT2D eigenvalue weighted by atomic mass is 35.5. The van der Waals surface area contributed by atoms with Crippen LogP contribution in [0.25, 0.3) is 0 Å². The number of rotatable bonds is 11. The number of benzene rings is 3. The molecule has 1 heterocycles. The number of nitrogens with zero attached hydrogens (tertiary/aromatic N) is 2. The summed E-state index contributed by atoms with van der Waals surface area (Å²) in [6.07, 6.45) is 4.78. The molecule has 0 saturated carbocycles. The fourth-order valence-corrected chi connectivity index (χ4v) is 5.21. The van der Waals surface area contributed by atoms with E-state index in [1.807, 2.05) is 24.3 Å². The van der Waals surface area contributed by atoms with E-state index in [0.29, 0.717) is 23.7 Å². The molecule has 1 fully saturated rings. The molecule has 1 aliphatic heterocycles. The van der Waals surface area contributed by atoms with E-state index >= 15 is 0 Å². The minimum Gasteiger partial charge on any atom is -0.508 e. The van der Waals surface area contributed by atoms with Crippen LogP contribution in [-0.2, 0) is 16.6 Å². The molecule has 9 nitrogen and oxygen atoms in total. The minimum atomic E-state index is -3.32. The molecule has 3 aromatic rings. The lowest BCUT2D eigenvalue weighted by molar-refractivity contribution is 0.188. The van der Waals surface area contributed by atoms with Crippen LogP contribution in [-0.4, -0.2) is 56.4 Å². The largest absolute Gasteiger partial charge is 0.508 e. The Morgan fingerprint density at radius 1 is 0.976 bits per heavy atom. The van der Waals surface area contributed by atoms with Crippen LogP contribution in [0.1, 0.15) is 38.2 Å². The van der Waals surface area contributed by atoms with Gasteiger partial charge in [-0.25, -0.2) is 13.2 Å². The van der Waals surface area contributed by atoms with Gasteiger partial charge in [0.1, 0.15) is 17.2 Å². The maximum Gasteiger partial charge on any atom is 0.322 e. The molecule has 2 amide bonds. The van der Waals surface area contributed by atoms with Crippen molar-refractivity contribution in [3.05, 3.63) is 78.4 Å². The van der Waals surface area contributed by atoms with Gasteiger partial charge in [-0.3, -0.25) is 14.5 Å². The number of carbonyl (C=O) groups excluding carboxylic acids is 1. The van der Waals surface area contributed by atoms with Crippen LogP contribution in [0.2, 0.25) is 0 Å². The summed E-state index contributed by atoms with van der Waals surface area (Å²) >= 11 is 0. The van der Waals surface area contributed by atoms with E-state index in [9.17, 15) is 18.3 Å². The van der Waals surface area contributed by atoms with Crippen molar-refractivity contribution in [3.8, 4) is 17.2 Å². The van der Waals surface area contributed by atoms with E-state index in [1.165, 1.54) is 5.56 Å². The predicted octanol–water partition coefficient (Wildman–Crippen LogP) is 5.96. The van der Waals surface area contributed by atoms with Crippen LogP contribution in [0.4, 0.5) is 16.2 Å². The molecule has 0 unspecified atom stereocenters. The number of hydrogen-bond donors (Lipinski definition) is 3. The first-order chi connectivity index (χ1) is 19.2. The zero-order valence-corrected chi connectivity index (χ0v) is 25.1. The number of anilines is 2. The number of sulfonamides is 1. The Bertz CT molecular complexity index is 1350. The van der Waals surface area contributed by atoms with Crippen molar-refractivity contribution in [2.45, 2.75) is 45.2 Å². The average Bonchev–Trinajstić information content (AvgIpc) is 2.92. The fourth-order valence-electron chi connectivity index (χ4n) is 4.65. The number of aromatic hydroxyl groups is 1. The number of hydrogen-bond acceptors (Lipinski definition) is 6. The third kappa shape index (κ3) is 10.1. The molecule has 1 aliphatic rings. The van der Waals surface area contributed by atoms with Crippen LogP contribution in [0.5, 0.6) is 17.2 Å². The molecular weight excluding hydrogens is 564 g/mol. The fraction of sp³-hybridized carbons (Fsp3) is 0.367. The molecule has 3 N–H and O–H groups in total. The monoisotopic (exact) mass is 602 g/mol. The van der Waals surface area contributed by atoms with Crippen molar-refractivity contribution in [2.75, 3.05) is 35.5 Å². The van der Waals surface area contributed by atoms with Gasteiger partial charge in [-0.15, -0.1) is 12.4 Å². The molecule has 41 heavy (non-hydrogen) atoms. The molecule has 11 heteroatoms. The highest BCUT2D eigenvalue weighted by molar-refractivity contribution is 7.92. The van der Waals surface area contributed by atoms with Gasteiger partial charge in [-0.1, -0.05) is 25.5 Å². The molecule has 4 rings (SSSR count). The molecule has 0 radical (unpaired) electrons. The third-order valence-electron chi connectivity index (χ3n) is 6.78. The Balaban J connectivity index is 0.00000462. The number of urea groups is 1. The number of halogens is 1. The van der Waals surface area contributed by atoms with Crippen LogP contribution in [0.3, 0.4) is 0 Å². The molecule has 0 bridgehead atoms. The van der Waals surface area contributed by atoms with Crippen molar-refractivity contribution in [2.24, 2.45) is 0 Å². The zero-order valence-electron chi connectivity index (χ0n) is 23.5. The van der Waals surface area contributed by atoms with E-state index in [2.05, 4.69) is 21.9 Å². The maximum absolute atomic E-state index is 13.1. The number of likely N-dealkylation sites (tertiary alicyclic amines) is 1. The lowest BCUT2D eigenvalue weighted by Crippen LogP contribution is -2.49. The van der Waals surface area contributed by atoms with Crippen molar-refractivity contribution in [3.63, 3.8) is 0 Å². The molecule has 0 spiro atoms. The molecular formula is C30H39ClN4O5S. The van der Waals surface area contributed by atoms with Crippen LogP contribution in [0, 0.1) is 0 Å². The van der Waals surface area contributed by atoms with Crippen LogP contribution >= 0.6 is 12.4 Å².